The van der Waals surface area contributed by atoms with Crippen LogP contribution in [0.15, 0.2) is 47.4 Å². The lowest BCUT2D eigenvalue weighted by atomic mass is 10.0. The molecule has 0 saturated carbocycles. The summed E-state index contributed by atoms with van der Waals surface area (Å²) in [7, 11) is -4.10. The topological polar surface area (TPSA) is 93.7 Å². The van der Waals surface area contributed by atoms with Crippen LogP contribution in [0.3, 0.4) is 0 Å². The van der Waals surface area contributed by atoms with Crippen LogP contribution in [-0.4, -0.2) is 33.6 Å². The van der Waals surface area contributed by atoms with E-state index >= 15 is 0 Å². The number of rotatable bonds is 7. The van der Waals surface area contributed by atoms with Crippen LogP contribution in [0.5, 0.6) is 11.5 Å². The summed E-state index contributed by atoms with van der Waals surface area (Å²) < 4.78 is 78.0. The Labute approximate surface area is 190 Å². The standard InChI is InChI=1S/C22H25F3N2O5S/c1-14(2)20(21(28)26-13-15-5-3-6-16(11-15)22(23,24)25)27-33(29,30)17-7-8-18-19(12-17)32-10-4-9-31-18/h3,5-8,11-12,14,20,27H,4,9-10,13H2,1-2H3,(H,26,28). The van der Waals surface area contributed by atoms with Gasteiger partial charge in [0.25, 0.3) is 0 Å². The number of nitrogens with one attached hydrogen (secondary N) is 2. The molecule has 180 valence electrons. The highest BCUT2D eigenvalue weighted by Gasteiger charge is 2.31. The van der Waals surface area contributed by atoms with Crippen molar-refractivity contribution in [3.05, 3.63) is 53.6 Å². The second kappa shape index (κ2) is 10.0. The summed E-state index contributed by atoms with van der Waals surface area (Å²) in [6, 6.07) is 7.61. The molecule has 1 heterocycles. The average Bonchev–Trinajstić information content (AvgIpc) is 3.00. The highest BCUT2D eigenvalue weighted by Crippen LogP contribution is 2.32. The second-order valence-electron chi connectivity index (χ2n) is 7.92. The molecule has 1 aliphatic rings. The Morgan fingerprint density at radius 2 is 1.76 bits per heavy atom. The fourth-order valence-electron chi connectivity index (χ4n) is 3.20. The summed E-state index contributed by atoms with van der Waals surface area (Å²) >= 11 is 0. The molecule has 2 aromatic rings. The van der Waals surface area contributed by atoms with E-state index in [4.69, 9.17) is 9.47 Å². The zero-order chi connectivity index (χ0) is 24.2. The van der Waals surface area contributed by atoms with Gasteiger partial charge in [-0.15, -0.1) is 0 Å². The van der Waals surface area contributed by atoms with Crippen LogP contribution in [0.2, 0.25) is 0 Å². The minimum Gasteiger partial charge on any atom is -0.490 e. The molecule has 1 amide bonds. The molecule has 1 atom stereocenters. The second-order valence-corrected chi connectivity index (χ2v) is 9.63. The van der Waals surface area contributed by atoms with Crippen molar-refractivity contribution < 1.29 is 35.9 Å². The van der Waals surface area contributed by atoms with E-state index < -0.39 is 39.6 Å². The molecule has 2 aromatic carbocycles. The maximum Gasteiger partial charge on any atom is 0.416 e. The lowest BCUT2D eigenvalue weighted by molar-refractivity contribution is -0.137. The van der Waals surface area contributed by atoms with E-state index in [9.17, 15) is 26.4 Å². The van der Waals surface area contributed by atoms with Gasteiger partial charge in [-0.2, -0.15) is 17.9 Å². The first-order valence-electron chi connectivity index (χ1n) is 10.3. The van der Waals surface area contributed by atoms with Crippen LogP contribution in [0.1, 0.15) is 31.4 Å². The van der Waals surface area contributed by atoms with Crippen molar-refractivity contribution in [3.63, 3.8) is 0 Å². The molecule has 0 fully saturated rings. The third kappa shape index (κ3) is 6.38. The predicted molar refractivity (Wildman–Crippen MR) is 114 cm³/mol. The van der Waals surface area contributed by atoms with Gasteiger partial charge < -0.3 is 14.8 Å². The first kappa shape index (κ1) is 24.8. The largest absolute Gasteiger partial charge is 0.490 e. The van der Waals surface area contributed by atoms with E-state index in [-0.39, 0.29) is 17.0 Å². The van der Waals surface area contributed by atoms with Crippen molar-refractivity contribution in [1.29, 1.82) is 0 Å². The van der Waals surface area contributed by atoms with Crippen molar-refractivity contribution in [2.45, 2.75) is 43.9 Å². The van der Waals surface area contributed by atoms with Gasteiger partial charge in [-0.3, -0.25) is 4.79 Å². The van der Waals surface area contributed by atoms with E-state index in [1.807, 2.05) is 0 Å². The van der Waals surface area contributed by atoms with Crippen LogP contribution in [0, 0.1) is 5.92 Å². The first-order valence-corrected chi connectivity index (χ1v) is 11.8. The Bertz CT molecular complexity index is 1100. The summed E-state index contributed by atoms with van der Waals surface area (Å²) in [6.45, 7) is 3.98. The number of ether oxygens (including phenoxy) is 2. The van der Waals surface area contributed by atoms with E-state index in [1.165, 1.54) is 30.3 Å². The number of fused-ring (bicyclic) bond motifs is 1. The van der Waals surface area contributed by atoms with Crippen LogP contribution >= 0.6 is 0 Å². The summed E-state index contributed by atoms with van der Waals surface area (Å²) in [5.74, 6) is -0.349. The maximum absolute atomic E-state index is 12.9. The van der Waals surface area contributed by atoms with Crippen LogP contribution < -0.4 is 19.5 Å². The zero-order valence-corrected chi connectivity index (χ0v) is 18.9. The first-order chi connectivity index (χ1) is 15.5. The Balaban J connectivity index is 1.72. The van der Waals surface area contributed by atoms with E-state index in [2.05, 4.69) is 10.0 Å². The van der Waals surface area contributed by atoms with Gasteiger partial charge in [0, 0.05) is 19.0 Å². The Hall–Kier alpha value is -2.79. The van der Waals surface area contributed by atoms with Gasteiger partial charge in [0.2, 0.25) is 15.9 Å². The minimum atomic E-state index is -4.50. The zero-order valence-electron chi connectivity index (χ0n) is 18.1. The molecule has 1 aliphatic heterocycles. The van der Waals surface area contributed by atoms with Crippen LogP contribution in [0.4, 0.5) is 13.2 Å². The molecule has 0 spiro atoms. The smallest absolute Gasteiger partial charge is 0.416 e. The van der Waals surface area contributed by atoms with Crippen molar-refractivity contribution in [2.75, 3.05) is 13.2 Å². The molecule has 0 aromatic heterocycles. The third-order valence-corrected chi connectivity index (χ3v) is 6.42. The number of halogens is 3. The predicted octanol–water partition coefficient (Wildman–Crippen LogP) is 3.49. The molecule has 0 aliphatic carbocycles. The number of hydrogen-bond donors (Lipinski definition) is 2. The molecule has 3 rings (SSSR count). The van der Waals surface area contributed by atoms with Gasteiger partial charge in [-0.1, -0.05) is 26.0 Å². The SMILES string of the molecule is CC(C)C(NS(=O)(=O)c1ccc2c(c1)OCCCO2)C(=O)NCc1cccc(C(F)(F)F)c1. The molecule has 33 heavy (non-hydrogen) atoms. The van der Waals surface area contributed by atoms with Gasteiger partial charge >= 0.3 is 6.18 Å². The summed E-state index contributed by atoms with van der Waals surface area (Å²) in [6.07, 6.45) is -3.84. The van der Waals surface area contributed by atoms with Crippen LogP contribution in [-0.2, 0) is 27.5 Å². The lowest BCUT2D eigenvalue weighted by Gasteiger charge is -2.22. The molecular weight excluding hydrogens is 461 g/mol. The minimum absolute atomic E-state index is 0.0944. The number of sulfonamides is 1. The normalized spacial score (nSPS) is 15.1. The average molecular weight is 487 g/mol. The Morgan fingerprint density at radius 1 is 1.06 bits per heavy atom. The van der Waals surface area contributed by atoms with Crippen molar-refractivity contribution in [3.8, 4) is 11.5 Å². The molecule has 0 radical (unpaired) electrons. The van der Waals surface area contributed by atoms with Crippen LogP contribution in [0.25, 0.3) is 0 Å². The number of benzene rings is 2. The summed E-state index contributed by atoms with van der Waals surface area (Å²) in [5.41, 5.74) is -0.587. The molecular formula is C22H25F3N2O5S. The summed E-state index contributed by atoms with van der Waals surface area (Å²) in [5, 5.41) is 2.51. The Kier molecular flexibility index (Phi) is 7.53. The highest BCUT2D eigenvalue weighted by molar-refractivity contribution is 7.89. The molecule has 1 unspecified atom stereocenters. The number of alkyl halides is 3. The molecule has 0 bridgehead atoms. The third-order valence-electron chi connectivity index (χ3n) is 4.98. The lowest BCUT2D eigenvalue weighted by Crippen LogP contribution is -2.49. The number of amides is 1. The number of carbonyl (C=O) groups excluding carboxylic acids is 1. The molecule has 2 N–H and O–H groups in total. The summed E-state index contributed by atoms with van der Waals surface area (Å²) in [4.78, 5) is 12.6. The molecule has 11 heteroatoms. The van der Waals surface area contributed by atoms with Gasteiger partial charge in [0.05, 0.1) is 23.7 Å². The number of hydrogen-bond acceptors (Lipinski definition) is 5. The van der Waals surface area contributed by atoms with Gasteiger partial charge in [0.1, 0.15) is 6.04 Å². The van der Waals surface area contributed by atoms with Gasteiger partial charge in [0.15, 0.2) is 11.5 Å². The van der Waals surface area contributed by atoms with E-state index in [0.29, 0.717) is 31.1 Å². The van der Waals surface area contributed by atoms with E-state index in [1.54, 1.807) is 13.8 Å². The molecule has 7 nitrogen and oxygen atoms in total. The van der Waals surface area contributed by atoms with Gasteiger partial charge in [-0.05, 0) is 35.7 Å². The maximum atomic E-state index is 12.9. The monoisotopic (exact) mass is 486 g/mol. The number of carbonyl (C=O) groups is 1. The van der Waals surface area contributed by atoms with Crippen molar-refractivity contribution in [2.24, 2.45) is 5.92 Å². The molecule has 0 saturated heterocycles. The fourth-order valence-corrected chi connectivity index (χ4v) is 4.55. The van der Waals surface area contributed by atoms with E-state index in [0.717, 1.165) is 12.1 Å². The quantitative estimate of drug-likeness (QED) is 0.625. The highest BCUT2D eigenvalue weighted by atomic mass is 32.2. The van der Waals surface area contributed by atoms with Gasteiger partial charge in [-0.25, -0.2) is 8.42 Å². The van der Waals surface area contributed by atoms with Crippen molar-refractivity contribution in [1.82, 2.24) is 10.0 Å². The fraction of sp³-hybridized carbons (Fsp3) is 0.409. The Morgan fingerprint density at radius 3 is 2.42 bits per heavy atom. The van der Waals surface area contributed by atoms with Crippen molar-refractivity contribution >= 4 is 15.9 Å².